The van der Waals surface area contributed by atoms with Crippen LogP contribution in [0.1, 0.15) is 15.5 Å². The summed E-state index contributed by atoms with van der Waals surface area (Å²) in [5.74, 6) is -0.115. The van der Waals surface area contributed by atoms with Crippen LogP contribution in [0, 0.1) is 0 Å². The highest BCUT2D eigenvalue weighted by molar-refractivity contribution is 7.11. The first-order valence-electron chi connectivity index (χ1n) is 4.24. The van der Waals surface area contributed by atoms with Gasteiger partial charge in [-0.15, -0.1) is 11.3 Å². The summed E-state index contributed by atoms with van der Waals surface area (Å²) in [5, 5.41) is 2.25. The molecule has 4 nitrogen and oxygen atoms in total. The molecule has 0 aliphatic heterocycles. The van der Waals surface area contributed by atoms with Crippen molar-refractivity contribution in [2.45, 2.75) is 0 Å². The van der Waals surface area contributed by atoms with E-state index in [1.165, 1.54) is 17.4 Å². The molecule has 0 amide bonds. The van der Waals surface area contributed by atoms with Gasteiger partial charge in [0.05, 0.1) is 11.9 Å². The zero-order chi connectivity index (χ0) is 10.5. The number of ketones is 1. The molecule has 0 radical (unpaired) electrons. The lowest BCUT2D eigenvalue weighted by Crippen LogP contribution is -1.92. The Morgan fingerprint density at radius 3 is 2.87 bits per heavy atom. The first-order valence-corrected chi connectivity index (χ1v) is 5.12. The van der Waals surface area contributed by atoms with Crippen LogP contribution in [-0.2, 0) is 0 Å². The van der Waals surface area contributed by atoms with Crippen molar-refractivity contribution < 1.29 is 4.79 Å². The predicted molar refractivity (Wildman–Crippen MR) is 57.5 cm³/mol. The molecule has 2 aromatic heterocycles. The molecule has 0 bridgehead atoms. The number of allylic oxidation sites excluding steroid dienone is 1. The summed E-state index contributed by atoms with van der Waals surface area (Å²) in [6, 6.07) is 0. The van der Waals surface area contributed by atoms with Gasteiger partial charge in [0.1, 0.15) is 0 Å². The van der Waals surface area contributed by atoms with E-state index in [1.807, 2.05) is 0 Å². The highest BCUT2D eigenvalue weighted by Crippen LogP contribution is 2.06. The monoisotopic (exact) mass is 217 g/mol. The standard InChI is InChI=1S/C10H7N3OS/c14-9(10-13-5-6-15-10)2-1-8-7-11-3-4-12-8/h1-7H/b2-1+. The molecule has 74 valence electrons. The second-order valence-electron chi connectivity index (χ2n) is 2.67. The van der Waals surface area contributed by atoms with Crippen molar-refractivity contribution in [3.05, 3.63) is 46.9 Å². The Hall–Kier alpha value is -1.88. The number of carbonyl (C=O) groups excluding carboxylic acids is 1. The Morgan fingerprint density at radius 1 is 1.27 bits per heavy atom. The van der Waals surface area contributed by atoms with Gasteiger partial charge in [-0.3, -0.25) is 14.8 Å². The summed E-state index contributed by atoms with van der Waals surface area (Å²) in [6.07, 6.45) is 9.42. The Labute approximate surface area is 90.4 Å². The van der Waals surface area contributed by atoms with Crippen LogP contribution in [-0.4, -0.2) is 20.7 Å². The number of carbonyl (C=O) groups is 1. The van der Waals surface area contributed by atoms with Crippen molar-refractivity contribution in [1.29, 1.82) is 0 Å². The molecular weight excluding hydrogens is 210 g/mol. The van der Waals surface area contributed by atoms with Gasteiger partial charge in [-0.05, 0) is 12.2 Å². The van der Waals surface area contributed by atoms with Gasteiger partial charge < -0.3 is 0 Å². The molecule has 0 saturated carbocycles. The van der Waals surface area contributed by atoms with E-state index in [1.54, 1.807) is 36.2 Å². The lowest BCUT2D eigenvalue weighted by atomic mass is 10.3. The van der Waals surface area contributed by atoms with Gasteiger partial charge in [-0.2, -0.15) is 0 Å². The molecule has 0 N–H and O–H groups in total. The maximum absolute atomic E-state index is 11.5. The summed E-state index contributed by atoms with van der Waals surface area (Å²) in [6.45, 7) is 0. The number of thiazole rings is 1. The Kier molecular flexibility index (Phi) is 2.94. The summed E-state index contributed by atoms with van der Waals surface area (Å²) < 4.78 is 0. The smallest absolute Gasteiger partial charge is 0.214 e. The summed E-state index contributed by atoms with van der Waals surface area (Å²) in [7, 11) is 0. The number of nitrogens with zero attached hydrogens (tertiary/aromatic N) is 3. The third kappa shape index (κ3) is 2.54. The molecular formula is C10H7N3OS. The fourth-order valence-electron chi connectivity index (χ4n) is 0.974. The maximum atomic E-state index is 11.5. The van der Waals surface area contributed by atoms with Crippen molar-refractivity contribution >= 4 is 23.2 Å². The van der Waals surface area contributed by atoms with Crippen LogP contribution in [0.2, 0.25) is 0 Å². The van der Waals surface area contributed by atoms with E-state index < -0.39 is 0 Å². The second kappa shape index (κ2) is 4.56. The van der Waals surface area contributed by atoms with E-state index in [0.717, 1.165) is 0 Å². The average molecular weight is 217 g/mol. The summed E-state index contributed by atoms with van der Waals surface area (Å²) in [5.41, 5.74) is 0.655. The van der Waals surface area contributed by atoms with Gasteiger partial charge in [0.25, 0.3) is 0 Å². The predicted octanol–water partition coefficient (Wildman–Crippen LogP) is 1.83. The third-order valence-electron chi connectivity index (χ3n) is 1.63. The Balaban J connectivity index is 2.10. The normalized spacial score (nSPS) is 10.7. The molecule has 0 aliphatic rings. The van der Waals surface area contributed by atoms with Crippen LogP contribution < -0.4 is 0 Å². The van der Waals surface area contributed by atoms with Gasteiger partial charge in [0, 0.05) is 24.0 Å². The molecule has 0 fully saturated rings. The van der Waals surface area contributed by atoms with Crippen molar-refractivity contribution in [3.8, 4) is 0 Å². The van der Waals surface area contributed by atoms with Gasteiger partial charge in [0.15, 0.2) is 5.01 Å². The molecule has 2 heterocycles. The van der Waals surface area contributed by atoms with Crippen molar-refractivity contribution in [2.24, 2.45) is 0 Å². The highest BCUT2D eigenvalue weighted by atomic mass is 32.1. The minimum absolute atomic E-state index is 0.115. The molecule has 0 spiro atoms. The van der Waals surface area contributed by atoms with E-state index in [4.69, 9.17) is 0 Å². The number of rotatable bonds is 3. The van der Waals surface area contributed by atoms with E-state index in [0.29, 0.717) is 10.7 Å². The second-order valence-corrected chi connectivity index (χ2v) is 3.56. The molecule has 0 aliphatic carbocycles. The Morgan fingerprint density at radius 2 is 2.20 bits per heavy atom. The highest BCUT2D eigenvalue weighted by Gasteiger charge is 2.03. The van der Waals surface area contributed by atoms with Gasteiger partial charge in [-0.25, -0.2) is 4.98 Å². The van der Waals surface area contributed by atoms with Crippen LogP contribution >= 0.6 is 11.3 Å². The summed E-state index contributed by atoms with van der Waals surface area (Å²) >= 11 is 1.32. The molecule has 0 atom stereocenters. The fraction of sp³-hybridized carbons (Fsp3) is 0. The SMILES string of the molecule is O=C(/C=C/c1cnccn1)c1nccs1. The minimum Gasteiger partial charge on any atom is -0.287 e. The molecule has 0 aromatic carbocycles. The zero-order valence-electron chi connectivity index (χ0n) is 7.70. The fourth-order valence-corrected chi connectivity index (χ4v) is 1.53. The molecule has 15 heavy (non-hydrogen) atoms. The van der Waals surface area contributed by atoms with Crippen LogP contribution in [0.15, 0.2) is 36.2 Å². The average Bonchev–Trinajstić information content (AvgIpc) is 2.81. The lowest BCUT2D eigenvalue weighted by molar-refractivity contribution is 0.104. The number of aromatic nitrogens is 3. The largest absolute Gasteiger partial charge is 0.287 e. The topological polar surface area (TPSA) is 55.7 Å². The van der Waals surface area contributed by atoms with Gasteiger partial charge in [-0.1, -0.05) is 0 Å². The lowest BCUT2D eigenvalue weighted by Gasteiger charge is -1.89. The van der Waals surface area contributed by atoms with E-state index in [9.17, 15) is 4.79 Å². The third-order valence-corrected chi connectivity index (χ3v) is 2.42. The van der Waals surface area contributed by atoms with Crippen LogP contribution in [0.4, 0.5) is 0 Å². The molecule has 2 aromatic rings. The first-order chi connectivity index (χ1) is 7.36. The zero-order valence-corrected chi connectivity index (χ0v) is 8.52. The molecule has 2 rings (SSSR count). The van der Waals surface area contributed by atoms with Crippen molar-refractivity contribution in [2.75, 3.05) is 0 Å². The van der Waals surface area contributed by atoms with Crippen molar-refractivity contribution in [1.82, 2.24) is 15.0 Å². The van der Waals surface area contributed by atoms with Crippen LogP contribution in [0.5, 0.6) is 0 Å². The number of hydrogen-bond acceptors (Lipinski definition) is 5. The van der Waals surface area contributed by atoms with E-state index in [-0.39, 0.29) is 5.78 Å². The molecule has 0 saturated heterocycles. The Bertz CT molecular complexity index is 465. The molecule has 0 unspecified atom stereocenters. The van der Waals surface area contributed by atoms with Gasteiger partial charge >= 0.3 is 0 Å². The van der Waals surface area contributed by atoms with Crippen LogP contribution in [0.3, 0.4) is 0 Å². The van der Waals surface area contributed by atoms with E-state index >= 15 is 0 Å². The summed E-state index contributed by atoms with van der Waals surface area (Å²) in [4.78, 5) is 23.3. The molecule has 5 heteroatoms. The minimum atomic E-state index is -0.115. The van der Waals surface area contributed by atoms with Crippen molar-refractivity contribution in [3.63, 3.8) is 0 Å². The quantitative estimate of drug-likeness (QED) is 0.581. The number of hydrogen-bond donors (Lipinski definition) is 0. The maximum Gasteiger partial charge on any atom is 0.214 e. The van der Waals surface area contributed by atoms with Crippen LogP contribution in [0.25, 0.3) is 6.08 Å². The first kappa shape index (κ1) is 9.67. The van der Waals surface area contributed by atoms with E-state index in [2.05, 4.69) is 15.0 Å². The van der Waals surface area contributed by atoms with Gasteiger partial charge in [0.2, 0.25) is 5.78 Å².